The molecule has 0 fully saturated rings. The normalized spacial score (nSPS) is 11.2. The van der Waals surface area contributed by atoms with Crippen LogP contribution in [0.3, 0.4) is 0 Å². The van der Waals surface area contributed by atoms with Gasteiger partial charge in [0.2, 0.25) is 0 Å². The fourth-order valence-electron chi connectivity index (χ4n) is 2.86. The van der Waals surface area contributed by atoms with E-state index in [1.807, 2.05) is 0 Å². The van der Waals surface area contributed by atoms with E-state index >= 15 is 0 Å². The first-order valence-corrected chi connectivity index (χ1v) is 10.2. The minimum absolute atomic E-state index is 0.103. The van der Waals surface area contributed by atoms with Crippen LogP contribution in [0.5, 0.6) is 0 Å². The van der Waals surface area contributed by atoms with Gasteiger partial charge in [-0.3, -0.25) is 9.59 Å². The minimum atomic E-state index is -0.238. The second-order valence-corrected chi connectivity index (χ2v) is 7.98. The van der Waals surface area contributed by atoms with Gasteiger partial charge in [-0.05, 0) is 77.9 Å². The van der Waals surface area contributed by atoms with Crippen molar-refractivity contribution in [1.82, 2.24) is 0 Å². The highest BCUT2D eigenvalue weighted by atomic mass is 35.5. The van der Waals surface area contributed by atoms with Crippen LogP contribution in [-0.2, 0) is 0 Å². The average molecular weight is 456 g/mol. The Hall–Kier alpha value is -2.65. The lowest BCUT2D eigenvalue weighted by atomic mass is 9.92. The molecule has 150 valence electrons. The second kappa shape index (κ2) is 9.90. The maximum absolute atomic E-state index is 13.2. The highest BCUT2D eigenvalue weighted by Crippen LogP contribution is 2.24. The first kappa shape index (κ1) is 22.0. The Morgan fingerprint density at radius 3 is 1.53 bits per heavy atom. The maximum Gasteiger partial charge on any atom is 0.189 e. The van der Waals surface area contributed by atoms with Crippen molar-refractivity contribution >= 4 is 52.4 Å². The van der Waals surface area contributed by atoms with Gasteiger partial charge in [0.25, 0.3) is 0 Å². The van der Waals surface area contributed by atoms with Crippen molar-refractivity contribution in [2.45, 2.75) is 6.42 Å². The molecule has 0 spiro atoms. The monoisotopic (exact) mass is 454 g/mol. The van der Waals surface area contributed by atoms with E-state index in [2.05, 4.69) is 6.58 Å². The van der Waals surface area contributed by atoms with E-state index in [9.17, 15) is 9.59 Å². The van der Waals surface area contributed by atoms with Crippen LogP contribution in [0.1, 0.15) is 32.7 Å². The molecule has 0 aliphatic carbocycles. The molecule has 0 saturated carbocycles. The Labute approximate surface area is 190 Å². The number of carbonyl (C=O) groups is 2. The zero-order valence-electron chi connectivity index (χ0n) is 15.9. The lowest BCUT2D eigenvalue weighted by Crippen LogP contribution is -2.09. The number of halogens is 3. The molecule has 0 saturated heterocycles. The summed E-state index contributed by atoms with van der Waals surface area (Å²) in [5.74, 6) is -0.441. The summed E-state index contributed by atoms with van der Waals surface area (Å²) in [4.78, 5) is 25.9. The lowest BCUT2D eigenvalue weighted by molar-refractivity contribution is 0.102. The van der Waals surface area contributed by atoms with Crippen LogP contribution in [0.4, 0.5) is 0 Å². The summed E-state index contributed by atoms with van der Waals surface area (Å²) in [5, 5.41) is 1.68. The number of carbonyl (C=O) groups excluding carboxylic acids is 2. The number of hydrogen-bond acceptors (Lipinski definition) is 2. The van der Waals surface area contributed by atoms with Gasteiger partial charge in [-0.15, -0.1) is 0 Å². The molecular weight excluding hydrogens is 439 g/mol. The molecule has 2 nitrogen and oxygen atoms in total. The Kier molecular flexibility index (Phi) is 7.28. The SMILES string of the molecule is C=C(C/C(=C\c1ccc(Cl)cc1)C(=O)c1ccc(Cl)cc1)C(=O)c1ccc(Cl)cc1. The Morgan fingerprint density at radius 2 is 1.07 bits per heavy atom. The quantitative estimate of drug-likeness (QED) is 0.270. The average Bonchev–Trinajstić information content (AvgIpc) is 2.75. The van der Waals surface area contributed by atoms with Crippen molar-refractivity contribution in [3.05, 3.63) is 122 Å². The van der Waals surface area contributed by atoms with Crippen LogP contribution in [0.2, 0.25) is 15.1 Å². The summed E-state index contributed by atoms with van der Waals surface area (Å²) in [6, 6.07) is 20.3. The molecule has 0 amide bonds. The van der Waals surface area contributed by atoms with Gasteiger partial charge in [0.05, 0.1) is 0 Å². The van der Waals surface area contributed by atoms with E-state index in [0.717, 1.165) is 5.56 Å². The molecule has 0 bridgehead atoms. The van der Waals surface area contributed by atoms with Crippen LogP contribution >= 0.6 is 34.8 Å². The van der Waals surface area contributed by atoms with Crippen molar-refractivity contribution < 1.29 is 9.59 Å². The molecular formula is C25H17Cl3O2. The zero-order valence-corrected chi connectivity index (χ0v) is 18.1. The lowest BCUT2D eigenvalue weighted by Gasteiger charge is -2.10. The summed E-state index contributed by atoms with van der Waals surface area (Å²) in [7, 11) is 0. The fraction of sp³-hybridized carbons (Fsp3) is 0.0400. The Balaban J connectivity index is 1.92. The van der Waals surface area contributed by atoms with Gasteiger partial charge >= 0.3 is 0 Å². The van der Waals surface area contributed by atoms with Gasteiger partial charge in [-0.25, -0.2) is 0 Å². The molecule has 0 atom stereocenters. The first-order valence-electron chi connectivity index (χ1n) is 9.08. The van der Waals surface area contributed by atoms with Gasteiger partial charge in [0.1, 0.15) is 0 Å². The molecule has 0 heterocycles. The standard InChI is InChI=1S/C25H17Cl3O2/c1-16(24(29)18-4-10-22(27)11-5-18)14-20(15-17-2-8-21(26)9-3-17)25(30)19-6-12-23(28)13-7-19/h2-13,15H,1,14H2/b20-15+. The topological polar surface area (TPSA) is 34.1 Å². The largest absolute Gasteiger partial charge is 0.289 e. The van der Waals surface area contributed by atoms with Crippen molar-refractivity contribution in [3.63, 3.8) is 0 Å². The van der Waals surface area contributed by atoms with Crippen molar-refractivity contribution in [2.24, 2.45) is 0 Å². The van der Waals surface area contributed by atoms with E-state index < -0.39 is 0 Å². The third kappa shape index (κ3) is 5.70. The Morgan fingerprint density at radius 1 is 0.667 bits per heavy atom. The molecule has 3 aromatic rings. The third-order valence-electron chi connectivity index (χ3n) is 4.44. The molecule has 0 aliphatic heterocycles. The molecule has 3 rings (SSSR count). The van der Waals surface area contributed by atoms with Gasteiger partial charge in [0, 0.05) is 38.2 Å². The molecule has 0 N–H and O–H groups in total. The maximum atomic E-state index is 13.2. The molecule has 0 aliphatic rings. The number of ketones is 2. The van der Waals surface area contributed by atoms with Crippen LogP contribution in [-0.4, -0.2) is 11.6 Å². The van der Waals surface area contributed by atoms with E-state index in [1.165, 1.54) is 0 Å². The molecule has 3 aromatic carbocycles. The highest BCUT2D eigenvalue weighted by molar-refractivity contribution is 6.31. The van der Waals surface area contributed by atoms with Crippen LogP contribution in [0, 0.1) is 0 Å². The molecule has 5 heteroatoms. The van der Waals surface area contributed by atoms with E-state index in [4.69, 9.17) is 34.8 Å². The van der Waals surface area contributed by atoms with E-state index in [0.29, 0.717) is 37.3 Å². The predicted octanol–water partition coefficient (Wildman–Crippen LogP) is 7.74. The number of rotatable bonds is 7. The minimum Gasteiger partial charge on any atom is -0.289 e. The van der Waals surface area contributed by atoms with Crippen LogP contribution in [0.25, 0.3) is 6.08 Å². The van der Waals surface area contributed by atoms with Crippen LogP contribution < -0.4 is 0 Å². The number of Topliss-reactive ketones (excluding diaryl/α,β-unsaturated/α-hetero) is 2. The van der Waals surface area contributed by atoms with Crippen molar-refractivity contribution in [3.8, 4) is 0 Å². The number of benzene rings is 3. The summed E-state index contributed by atoms with van der Waals surface area (Å²) in [6.45, 7) is 3.92. The van der Waals surface area contributed by atoms with E-state index in [1.54, 1.807) is 78.9 Å². The highest BCUT2D eigenvalue weighted by Gasteiger charge is 2.18. The fourth-order valence-corrected chi connectivity index (χ4v) is 3.24. The van der Waals surface area contributed by atoms with Gasteiger partial charge < -0.3 is 0 Å². The second-order valence-electron chi connectivity index (χ2n) is 6.67. The Bertz CT molecular complexity index is 1110. The molecule has 0 aromatic heterocycles. The summed E-state index contributed by atoms with van der Waals surface area (Å²) in [6.07, 6.45) is 1.85. The van der Waals surface area contributed by atoms with E-state index in [-0.39, 0.29) is 18.0 Å². The van der Waals surface area contributed by atoms with Gasteiger partial charge in [-0.1, -0.05) is 53.5 Å². The molecule has 30 heavy (non-hydrogen) atoms. The summed E-state index contributed by atoms with van der Waals surface area (Å²) in [5.41, 5.74) is 2.48. The van der Waals surface area contributed by atoms with Crippen LogP contribution in [0.15, 0.2) is 90.5 Å². The van der Waals surface area contributed by atoms with Crippen molar-refractivity contribution in [2.75, 3.05) is 0 Å². The summed E-state index contributed by atoms with van der Waals surface area (Å²) >= 11 is 17.8. The predicted molar refractivity (Wildman–Crippen MR) is 125 cm³/mol. The first-order chi connectivity index (χ1) is 14.3. The molecule has 0 radical (unpaired) electrons. The zero-order chi connectivity index (χ0) is 21.7. The smallest absolute Gasteiger partial charge is 0.189 e. The van der Waals surface area contributed by atoms with Crippen molar-refractivity contribution in [1.29, 1.82) is 0 Å². The van der Waals surface area contributed by atoms with Gasteiger partial charge in [0.15, 0.2) is 11.6 Å². The third-order valence-corrected chi connectivity index (χ3v) is 5.20. The van der Waals surface area contributed by atoms with Gasteiger partial charge in [-0.2, -0.15) is 0 Å². The number of hydrogen-bond donors (Lipinski definition) is 0. The summed E-state index contributed by atoms with van der Waals surface area (Å²) < 4.78 is 0. The molecule has 0 unspecified atom stereocenters. The number of allylic oxidation sites excluding steroid dienone is 2.